The van der Waals surface area contributed by atoms with Crippen molar-refractivity contribution >= 4 is 0 Å². The van der Waals surface area contributed by atoms with Gasteiger partial charge in [-0.3, -0.25) is 0 Å². The highest BCUT2D eigenvalue weighted by Crippen LogP contribution is 2.43. The van der Waals surface area contributed by atoms with E-state index in [4.69, 9.17) is 15.2 Å². The Bertz CT molecular complexity index is 467. The van der Waals surface area contributed by atoms with E-state index < -0.39 is 17.9 Å². The van der Waals surface area contributed by atoms with Crippen LogP contribution in [0.4, 0.5) is 8.78 Å². The van der Waals surface area contributed by atoms with Crippen LogP contribution in [0.2, 0.25) is 0 Å². The fraction of sp³-hybridized carbons (Fsp3) is 0.538. The minimum atomic E-state index is -2.98. The van der Waals surface area contributed by atoms with Crippen molar-refractivity contribution in [3.63, 3.8) is 0 Å². The highest BCUT2D eigenvalue weighted by Gasteiger charge is 2.39. The molecule has 0 amide bonds. The summed E-state index contributed by atoms with van der Waals surface area (Å²) in [6, 6.07) is 2.93. The van der Waals surface area contributed by atoms with Crippen LogP contribution in [0, 0.1) is 6.92 Å². The number of rotatable bonds is 3. The van der Waals surface area contributed by atoms with Crippen LogP contribution in [-0.4, -0.2) is 12.3 Å². The number of fused-ring (bicyclic) bond motifs is 1. The summed E-state index contributed by atoms with van der Waals surface area (Å²) in [4.78, 5) is 0. The molecule has 5 heteroatoms. The van der Waals surface area contributed by atoms with Gasteiger partial charge in [-0.15, -0.1) is 0 Å². The first kappa shape index (κ1) is 13.1. The molecule has 1 aliphatic heterocycles. The molecule has 0 spiro atoms. The normalized spacial score (nSPS) is 15.0. The molecule has 0 aliphatic carbocycles. The fourth-order valence-corrected chi connectivity index (χ4v) is 2.11. The Balaban J connectivity index is 2.38. The Morgan fingerprint density at radius 2 is 1.78 bits per heavy atom. The molecule has 0 unspecified atom stereocenters. The maximum Gasteiger partial charge on any atom is 0.275 e. The summed E-state index contributed by atoms with van der Waals surface area (Å²) >= 11 is 0. The van der Waals surface area contributed by atoms with Crippen molar-refractivity contribution in [3.05, 3.63) is 23.3 Å². The predicted molar refractivity (Wildman–Crippen MR) is 64.1 cm³/mol. The lowest BCUT2D eigenvalue weighted by Gasteiger charge is -2.27. The molecule has 0 fully saturated rings. The maximum absolute atomic E-state index is 14.2. The molecular weight excluding hydrogens is 240 g/mol. The van der Waals surface area contributed by atoms with Gasteiger partial charge >= 0.3 is 0 Å². The van der Waals surface area contributed by atoms with Gasteiger partial charge in [0.15, 0.2) is 11.5 Å². The number of alkyl halides is 2. The summed E-state index contributed by atoms with van der Waals surface area (Å²) in [5, 5.41) is 0. The second kappa shape index (κ2) is 4.09. The summed E-state index contributed by atoms with van der Waals surface area (Å²) in [5.74, 6) is -2.10. The number of hydrogen-bond donors (Lipinski definition) is 1. The van der Waals surface area contributed by atoms with Gasteiger partial charge in [-0.1, -0.05) is 0 Å². The van der Waals surface area contributed by atoms with E-state index in [-0.39, 0.29) is 12.4 Å². The predicted octanol–water partition coefficient (Wildman–Crippen LogP) is 2.94. The zero-order chi connectivity index (χ0) is 13.6. The smallest absolute Gasteiger partial charge is 0.275 e. The van der Waals surface area contributed by atoms with Gasteiger partial charge in [0.2, 0.25) is 6.79 Å². The Labute approximate surface area is 105 Å². The SMILES string of the molecule is Cc1cc2c(cc1C(F)(F)CC(C)(C)N)OCO2. The fourth-order valence-electron chi connectivity index (χ4n) is 2.11. The topological polar surface area (TPSA) is 44.5 Å². The molecule has 1 aromatic rings. The largest absolute Gasteiger partial charge is 0.454 e. The van der Waals surface area contributed by atoms with Gasteiger partial charge in [0.25, 0.3) is 5.92 Å². The number of benzene rings is 1. The highest BCUT2D eigenvalue weighted by atomic mass is 19.3. The Morgan fingerprint density at radius 1 is 1.22 bits per heavy atom. The molecule has 0 bridgehead atoms. The van der Waals surface area contributed by atoms with E-state index in [2.05, 4.69) is 0 Å². The summed E-state index contributed by atoms with van der Waals surface area (Å²) in [5.41, 5.74) is 5.18. The molecule has 0 aromatic heterocycles. The van der Waals surface area contributed by atoms with Gasteiger partial charge in [0.1, 0.15) is 0 Å². The first-order chi connectivity index (χ1) is 8.19. The molecule has 2 N–H and O–H groups in total. The highest BCUT2D eigenvalue weighted by molar-refractivity contribution is 5.49. The molecule has 1 aromatic carbocycles. The molecule has 1 heterocycles. The van der Waals surface area contributed by atoms with E-state index in [1.165, 1.54) is 6.07 Å². The quantitative estimate of drug-likeness (QED) is 0.905. The second-order valence-corrected chi connectivity index (χ2v) is 5.39. The minimum Gasteiger partial charge on any atom is -0.454 e. The maximum atomic E-state index is 14.2. The molecule has 1 aliphatic rings. The molecule has 0 atom stereocenters. The van der Waals surface area contributed by atoms with Crippen LogP contribution in [0.25, 0.3) is 0 Å². The third-order valence-electron chi connectivity index (χ3n) is 2.79. The van der Waals surface area contributed by atoms with E-state index >= 15 is 0 Å². The van der Waals surface area contributed by atoms with E-state index in [1.807, 2.05) is 0 Å². The van der Waals surface area contributed by atoms with Gasteiger partial charge in [-0.2, -0.15) is 0 Å². The third-order valence-corrected chi connectivity index (χ3v) is 2.79. The summed E-state index contributed by atoms with van der Waals surface area (Å²) < 4.78 is 38.7. The van der Waals surface area contributed by atoms with Crippen LogP contribution >= 0.6 is 0 Å². The Morgan fingerprint density at radius 3 is 2.33 bits per heavy atom. The second-order valence-electron chi connectivity index (χ2n) is 5.39. The molecule has 3 nitrogen and oxygen atoms in total. The molecule has 18 heavy (non-hydrogen) atoms. The van der Waals surface area contributed by atoms with E-state index in [1.54, 1.807) is 26.8 Å². The first-order valence-electron chi connectivity index (χ1n) is 5.76. The number of hydrogen-bond acceptors (Lipinski definition) is 3. The standard InChI is InChI=1S/C13H17F2NO2/c1-8-4-10-11(18-7-17-10)5-9(8)13(14,15)6-12(2,3)16/h4-5H,6-7,16H2,1-3H3. The monoisotopic (exact) mass is 257 g/mol. The van der Waals surface area contributed by atoms with Crippen molar-refractivity contribution in [2.24, 2.45) is 5.73 Å². The average molecular weight is 257 g/mol. The lowest BCUT2D eigenvalue weighted by Crippen LogP contribution is -2.38. The van der Waals surface area contributed by atoms with E-state index in [0.717, 1.165) is 0 Å². The average Bonchev–Trinajstić information content (AvgIpc) is 2.58. The number of nitrogens with two attached hydrogens (primary N) is 1. The van der Waals surface area contributed by atoms with Crippen LogP contribution in [0.5, 0.6) is 11.5 Å². The van der Waals surface area contributed by atoms with E-state index in [9.17, 15) is 8.78 Å². The van der Waals surface area contributed by atoms with Crippen LogP contribution in [0.3, 0.4) is 0 Å². The molecular formula is C13H17F2NO2. The van der Waals surface area contributed by atoms with Gasteiger partial charge in [0, 0.05) is 17.5 Å². The van der Waals surface area contributed by atoms with E-state index in [0.29, 0.717) is 17.1 Å². The van der Waals surface area contributed by atoms with Crippen LogP contribution in [0.15, 0.2) is 12.1 Å². The zero-order valence-electron chi connectivity index (χ0n) is 10.7. The lowest BCUT2D eigenvalue weighted by molar-refractivity contribution is -0.0302. The lowest BCUT2D eigenvalue weighted by atomic mass is 9.91. The summed E-state index contributed by atoms with van der Waals surface area (Å²) in [6.07, 6.45) is -0.416. The van der Waals surface area contributed by atoms with Crippen molar-refractivity contribution in [2.75, 3.05) is 6.79 Å². The Kier molecular flexibility index (Phi) is 2.97. The number of halogens is 2. The van der Waals surface area contributed by atoms with Gasteiger partial charge < -0.3 is 15.2 Å². The molecule has 0 saturated heterocycles. The van der Waals surface area contributed by atoms with Gasteiger partial charge in [0.05, 0.1) is 0 Å². The molecule has 2 rings (SSSR count). The Hall–Kier alpha value is -1.36. The molecule has 100 valence electrons. The van der Waals surface area contributed by atoms with Crippen LogP contribution < -0.4 is 15.2 Å². The van der Waals surface area contributed by atoms with Crippen molar-refractivity contribution in [2.45, 2.75) is 38.7 Å². The van der Waals surface area contributed by atoms with Crippen molar-refractivity contribution in [1.29, 1.82) is 0 Å². The van der Waals surface area contributed by atoms with Gasteiger partial charge in [-0.25, -0.2) is 8.78 Å². The van der Waals surface area contributed by atoms with Crippen molar-refractivity contribution < 1.29 is 18.3 Å². The summed E-state index contributed by atoms with van der Waals surface area (Å²) in [7, 11) is 0. The molecule has 0 saturated carbocycles. The van der Waals surface area contributed by atoms with Crippen molar-refractivity contribution in [1.82, 2.24) is 0 Å². The first-order valence-corrected chi connectivity index (χ1v) is 5.76. The minimum absolute atomic E-state index is 0.0507. The zero-order valence-corrected chi connectivity index (χ0v) is 10.7. The van der Waals surface area contributed by atoms with Crippen molar-refractivity contribution in [3.8, 4) is 11.5 Å². The van der Waals surface area contributed by atoms with Crippen LogP contribution in [0.1, 0.15) is 31.4 Å². The third kappa shape index (κ3) is 2.56. The van der Waals surface area contributed by atoms with Gasteiger partial charge in [-0.05, 0) is 38.5 Å². The van der Waals surface area contributed by atoms with Crippen LogP contribution in [-0.2, 0) is 5.92 Å². The summed E-state index contributed by atoms with van der Waals surface area (Å²) in [6.45, 7) is 4.88. The number of aryl methyl sites for hydroxylation is 1. The molecule has 0 radical (unpaired) electrons. The number of ether oxygens (including phenoxy) is 2.